The number of hydrogen-bond acceptors (Lipinski definition) is 3. The van der Waals surface area contributed by atoms with Crippen LogP contribution in [-0.2, 0) is 13.5 Å². The first-order valence-corrected chi connectivity index (χ1v) is 8.00. The molecule has 1 aromatic carbocycles. The molecule has 0 fully saturated rings. The van der Waals surface area contributed by atoms with Crippen LogP contribution < -0.4 is 0 Å². The molecule has 24 heavy (non-hydrogen) atoms. The molecule has 0 amide bonds. The van der Waals surface area contributed by atoms with Gasteiger partial charge in [0.2, 0.25) is 0 Å². The second-order valence-corrected chi connectivity index (χ2v) is 6.38. The Labute approximate surface area is 149 Å². The lowest BCUT2D eigenvalue weighted by Gasteiger charge is -2.10. The minimum Gasteiger partial charge on any atom is -0.332 e. The van der Waals surface area contributed by atoms with Crippen LogP contribution in [0.5, 0.6) is 0 Å². The number of hydrogen-bond donors (Lipinski definition) is 0. The molecule has 6 heteroatoms. The van der Waals surface area contributed by atoms with Gasteiger partial charge in [-0.2, -0.15) is 5.26 Å². The Morgan fingerprint density at radius 2 is 2.08 bits per heavy atom. The summed E-state index contributed by atoms with van der Waals surface area (Å²) in [4.78, 5) is 15.5. The van der Waals surface area contributed by atoms with Crippen LogP contribution in [0, 0.1) is 18.3 Å². The maximum absolute atomic E-state index is 11.1. The minimum atomic E-state index is 0.366. The third-order valence-corrected chi connectivity index (χ3v) is 4.92. The van der Waals surface area contributed by atoms with Crippen LogP contribution >= 0.6 is 23.2 Å². The maximum Gasteiger partial charge on any atom is 0.151 e. The molecule has 2 heterocycles. The van der Waals surface area contributed by atoms with Crippen molar-refractivity contribution >= 4 is 40.5 Å². The van der Waals surface area contributed by atoms with Gasteiger partial charge in [-0.3, -0.25) is 4.79 Å². The molecule has 0 aliphatic carbocycles. The minimum absolute atomic E-state index is 0.366. The normalized spacial score (nSPS) is 10.8. The van der Waals surface area contributed by atoms with E-state index in [-0.39, 0.29) is 0 Å². The van der Waals surface area contributed by atoms with Crippen LogP contribution in [0.4, 0.5) is 0 Å². The zero-order chi connectivity index (χ0) is 17.4. The van der Waals surface area contributed by atoms with E-state index >= 15 is 0 Å². The number of carbonyl (C=O) groups is 1. The fraction of sp³-hybridized carbons (Fsp3) is 0.167. The average Bonchev–Trinajstić information content (AvgIpc) is 2.88. The standard InChI is InChI=1S/C18H13Cl2N3O/c1-10-5-12(8-21)22-18-14(10)6-13(23(18)2)7-15-16(19)4-3-11(9-24)17(15)20/h3-6,9H,7H2,1-2H3. The lowest BCUT2D eigenvalue weighted by molar-refractivity contribution is 0.112. The number of rotatable bonds is 3. The smallest absolute Gasteiger partial charge is 0.151 e. The molecule has 0 radical (unpaired) electrons. The van der Waals surface area contributed by atoms with E-state index in [9.17, 15) is 4.79 Å². The molecule has 4 nitrogen and oxygen atoms in total. The van der Waals surface area contributed by atoms with E-state index in [0.717, 1.165) is 22.3 Å². The topological polar surface area (TPSA) is 58.7 Å². The number of nitriles is 1. The van der Waals surface area contributed by atoms with Gasteiger partial charge in [-0.1, -0.05) is 23.2 Å². The summed E-state index contributed by atoms with van der Waals surface area (Å²) in [5.41, 5.74) is 4.16. The van der Waals surface area contributed by atoms with Gasteiger partial charge in [-0.25, -0.2) is 4.98 Å². The highest BCUT2D eigenvalue weighted by molar-refractivity contribution is 6.37. The first kappa shape index (κ1) is 16.5. The molecule has 0 aliphatic heterocycles. The largest absolute Gasteiger partial charge is 0.332 e. The molecule has 2 aromatic heterocycles. The molecule has 0 unspecified atom stereocenters. The quantitative estimate of drug-likeness (QED) is 0.650. The Balaban J connectivity index is 2.16. The lowest BCUT2D eigenvalue weighted by Crippen LogP contribution is -2.01. The summed E-state index contributed by atoms with van der Waals surface area (Å²) >= 11 is 12.6. The predicted molar refractivity (Wildman–Crippen MR) is 94.8 cm³/mol. The van der Waals surface area contributed by atoms with E-state index in [0.29, 0.717) is 39.6 Å². The molecular weight excluding hydrogens is 345 g/mol. The fourth-order valence-corrected chi connectivity index (χ4v) is 3.32. The summed E-state index contributed by atoms with van der Waals surface area (Å²) < 4.78 is 1.92. The third-order valence-electron chi connectivity index (χ3n) is 4.12. The summed E-state index contributed by atoms with van der Waals surface area (Å²) in [6.07, 6.45) is 1.18. The van der Waals surface area contributed by atoms with Crippen molar-refractivity contribution in [2.75, 3.05) is 0 Å². The van der Waals surface area contributed by atoms with Gasteiger partial charge in [-0.15, -0.1) is 0 Å². The van der Waals surface area contributed by atoms with Crippen molar-refractivity contribution in [2.45, 2.75) is 13.3 Å². The molecule has 0 N–H and O–H groups in total. The van der Waals surface area contributed by atoms with E-state index in [1.165, 1.54) is 0 Å². The number of carbonyl (C=O) groups excluding carboxylic acids is 1. The number of aromatic nitrogens is 2. The number of aryl methyl sites for hydroxylation is 2. The highest BCUT2D eigenvalue weighted by atomic mass is 35.5. The van der Waals surface area contributed by atoms with E-state index in [4.69, 9.17) is 28.5 Å². The highest BCUT2D eigenvalue weighted by Crippen LogP contribution is 2.31. The number of fused-ring (bicyclic) bond motifs is 1. The molecule has 0 aliphatic rings. The molecule has 3 aromatic rings. The van der Waals surface area contributed by atoms with Crippen LogP contribution in [0.15, 0.2) is 24.3 Å². The number of benzene rings is 1. The second kappa shape index (κ2) is 6.27. The summed E-state index contributed by atoms with van der Waals surface area (Å²) in [6.45, 7) is 1.95. The van der Waals surface area contributed by atoms with Gasteiger partial charge < -0.3 is 4.57 Å². The predicted octanol–water partition coefficient (Wildman–Crippen LogP) is 4.46. The Kier molecular flexibility index (Phi) is 4.31. The van der Waals surface area contributed by atoms with E-state index in [1.54, 1.807) is 18.2 Å². The second-order valence-electron chi connectivity index (χ2n) is 5.59. The zero-order valence-corrected chi connectivity index (χ0v) is 14.6. The molecule has 0 saturated carbocycles. The van der Waals surface area contributed by atoms with Crippen LogP contribution in [0.3, 0.4) is 0 Å². The van der Waals surface area contributed by atoms with Crippen molar-refractivity contribution in [2.24, 2.45) is 7.05 Å². The van der Waals surface area contributed by atoms with Gasteiger partial charge >= 0.3 is 0 Å². The molecule has 0 atom stereocenters. The summed E-state index contributed by atoms with van der Waals surface area (Å²) in [5, 5.41) is 11.0. The summed E-state index contributed by atoms with van der Waals surface area (Å²) in [7, 11) is 1.89. The third kappa shape index (κ3) is 2.66. The molecular formula is C18H13Cl2N3O. The van der Waals surface area contributed by atoms with Gasteiger partial charge in [0.05, 0.1) is 5.02 Å². The van der Waals surface area contributed by atoms with E-state index in [1.807, 2.05) is 24.6 Å². The van der Waals surface area contributed by atoms with Gasteiger partial charge in [0.15, 0.2) is 6.29 Å². The van der Waals surface area contributed by atoms with Crippen molar-refractivity contribution in [3.8, 4) is 6.07 Å². The van der Waals surface area contributed by atoms with Gasteiger partial charge in [0.1, 0.15) is 17.4 Å². The number of aldehydes is 1. The molecule has 0 bridgehead atoms. The maximum atomic E-state index is 11.1. The SMILES string of the molecule is Cc1cc(C#N)nc2c1cc(Cc1c(Cl)ccc(C=O)c1Cl)n2C. The Hall–Kier alpha value is -2.35. The van der Waals surface area contributed by atoms with Crippen LogP contribution in [0.2, 0.25) is 10.0 Å². The van der Waals surface area contributed by atoms with Crippen molar-refractivity contribution in [3.63, 3.8) is 0 Å². The van der Waals surface area contributed by atoms with E-state index in [2.05, 4.69) is 11.1 Å². The molecule has 120 valence electrons. The van der Waals surface area contributed by atoms with Crippen molar-refractivity contribution in [1.29, 1.82) is 5.26 Å². The van der Waals surface area contributed by atoms with Crippen molar-refractivity contribution in [3.05, 3.63) is 62.4 Å². The first-order valence-electron chi connectivity index (χ1n) is 7.24. The number of nitrogens with zero attached hydrogens (tertiary/aromatic N) is 3. The van der Waals surface area contributed by atoms with Crippen molar-refractivity contribution < 1.29 is 4.79 Å². The first-order chi connectivity index (χ1) is 11.5. The highest BCUT2D eigenvalue weighted by Gasteiger charge is 2.16. The van der Waals surface area contributed by atoms with Gasteiger partial charge in [0, 0.05) is 35.1 Å². The zero-order valence-electron chi connectivity index (χ0n) is 13.1. The number of halogens is 2. The Bertz CT molecular complexity index is 1020. The van der Waals surface area contributed by atoms with Crippen LogP contribution in [0.1, 0.15) is 32.9 Å². The van der Waals surface area contributed by atoms with Gasteiger partial charge in [-0.05, 0) is 42.3 Å². The average molecular weight is 358 g/mol. The van der Waals surface area contributed by atoms with Crippen molar-refractivity contribution in [1.82, 2.24) is 9.55 Å². The fourth-order valence-electron chi connectivity index (χ4n) is 2.78. The monoisotopic (exact) mass is 357 g/mol. The molecule has 3 rings (SSSR count). The van der Waals surface area contributed by atoms with Crippen LogP contribution in [-0.4, -0.2) is 15.8 Å². The molecule has 0 spiro atoms. The molecule has 0 saturated heterocycles. The Morgan fingerprint density at radius 3 is 2.75 bits per heavy atom. The summed E-state index contributed by atoms with van der Waals surface area (Å²) in [6, 6.07) is 9.13. The van der Waals surface area contributed by atoms with Crippen LogP contribution in [0.25, 0.3) is 11.0 Å². The number of pyridine rings is 1. The van der Waals surface area contributed by atoms with E-state index < -0.39 is 0 Å². The van der Waals surface area contributed by atoms with Gasteiger partial charge in [0.25, 0.3) is 0 Å². The Morgan fingerprint density at radius 1 is 1.33 bits per heavy atom. The summed E-state index contributed by atoms with van der Waals surface area (Å²) in [5.74, 6) is 0. The lowest BCUT2D eigenvalue weighted by atomic mass is 10.1.